The highest BCUT2D eigenvalue weighted by molar-refractivity contribution is 6.11. The van der Waals surface area contributed by atoms with Crippen LogP contribution >= 0.6 is 0 Å². The van der Waals surface area contributed by atoms with Crippen LogP contribution in [0.3, 0.4) is 0 Å². The molecule has 0 bridgehead atoms. The number of carbonyl (C=O) groups is 1. The summed E-state index contributed by atoms with van der Waals surface area (Å²) in [6, 6.07) is 13.2. The zero-order chi connectivity index (χ0) is 20.6. The number of nitrogens with zero attached hydrogens (tertiary/aromatic N) is 4. The van der Waals surface area contributed by atoms with Gasteiger partial charge in [0.05, 0.1) is 24.5 Å². The van der Waals surface area contributed by atoms with Crippen LogP contribution in [0.5, 0.6) is 5.75 Å². The Morgan fingerprint density at radius 1 is 1.10 bits per heavy atom. The van der Waals surface area contributed by atoms with E-state index in [1.807, 2.05) is 24.3 Å². The molecule has 1 aromatic heterocycles. The average molecular weight is 398 g/mol. The maximum atomic E-state index is 13.1. The van der Waals surface area contributed by atoms with Crippen LogP contribution in [-0.2, 0) is 0 Å². The van der Waals surface area contributed by atoms with Crippen molar-refractivity contribution in [1.29, 1.82) is 5.26 Å². The van der Waals surface area contributed by atoms with Gasteiger partial charge < -0.3 is 4.74 Å². The summed E-state index contributed by atoms with van der Waals surface area (Å²) in [5.74, 6) is -0.389. The molecule has 2 amide bonds. The molecule has 1 atom stereocenters. The first-order chi connectivity index (χ1) is 13.9. The fourth-order valence-electron chi connectivity index (χ4n) is 3.30. The van der Waals surface area contributed by atoms with Crippen LogP contribution in [0, 0.1) is 11.3 Å². The van der Waals surface area contributed by atoms with E-state index in [4.69, 9.17) is 0 Å². The number of fused-ring (bicyclic) bond motifs is 1. The van der Waals surface area contributed by atoms with E-state index in [0.29, 0.717) is 11.4 Å². The Morgan fingerprint density at radius 3 is 2.52 bits per heavy atom. The number of rotatable bonds is 3. The summed E-state index contributed by atoms with van der Waals surface area (Å²) >= 11 is 0. The van der Waals surface area contributed by atoms with Gasteiger partial charge in [-0.3, -0.25) is 14.8 Å². The minimum absolute atomic E-state index is 0.0675. The lowest BCUT2D eigenvalue weighted by atomic mass is 10.1. The Bertz CT molecular complexity index is 1100. The largest absolute Gasteiger partial charge is 0.573 e. The first kappa shape index (κ1) is 18.6. The first-order valence-electron chi connectivity index (χ1n) is 8.56. The minimum Gasteiger partial charge on any atom is -0.406 e. The van der Waals surface area contributed by atoms with Gasteiger partial charge in [0.1, 0.15) is 11.8 Å². The zero-order valence-electron chi connectivity index (χ0n) is 14.8. The molecule has 1 aliphatic heterocycles. The van der Waals surface area contributed by atoms with Crippen LogP contribution in [0.2, 0.25) is 0 Å². The van der Waals surface area contributed by atoms with Crippen LogP contribution in [0.1, 0.15) is 0 Å². The molecule has 0 saturated carbocycles. The number of carbonyl (C=O) groups excluding carboxylic acids is 1. The fraction of sp³-hybridized carbons (Fsp3) is 0.150. The summed E-state index contributed by atoms with van der Waals surface area (Å²) in [7, 11) is 0. The Labute approximate surface area is 163 Å². The number of nitriles is 1. The predicted octanol–water partition coefficient (Wildman–Crippen LogP) is 4.47. The van der Waals surface area contributed by atoms with Crippen LogP contribution < -0.4 is 14.5 Å². The number of urea groups is 1. The molecule has 3 aromatic rings. The molecule has 6 nitrogen and oxygen atoms in total. The standard InChI is InChI=1S/C20H13F3N4O2/c21-20(22,23)29-16-7-5-14(6-8-16)26-12-15(9-24)27(19(26)28)18-11-25-10-13-3-1-2-4-17(13)18/h1-8,10-11,15H,12H2/t15-/m1/s1. The van der Waals surface area contributed by atoms with E-state index in [9.17, 15) is 23.2 Å². The van der Waals surface area contributed by atoms with Gasteiger partial charge in [-0.25, -0.2) is 4.79 Å². The van der Waals surface area contributed by atoms with Crippen molar-refractivity contribution in [2.24, 2.45) is 0 Å². The number of halogens is 3. The van der Waals surface area contributed by atoms with Crippen LogP contribution in [0.25, 0.3) is 10.8 Å². The van der Waals surface area contributed by atoms with Gasteiger partial charge in [0.2, 0.25) is 0 Å². The summed E-state index contributed by atoms with van der Waals surface area (Å²) < 4.78 is 40.9. The lowest BCUT2D eigenvalue weighted by Gasteiger charge is -2.21. The molecule has 9 heteroatoms. The predicted molar refractivity (Wildman–Crippen MR) is 99.5 cm³/mol. The molecule has 0 aliphatic carbocycles. The number of amides is 2. The number of ether oxygens (including phenoxy) is 1. The van der Waals surface area contributed by atoms with Crippen LogP contribution in [0.4, 0.5) is 29.3 Å². The third-order valence-electron chi connectivity index (χ3n) is 4.54. The van der Waals surface area contributed by atoms with Crippen molar-refractivity contribution in [3.05, 3.63) is 60.9 Å². The summed E-state index contributed by atoms with van der Waals surface area (Å²) in [5, 5.41) is 11.2. The van der Waals surface area contributed by atoms with Crippen molar-refractivity contribution >= 4 is 28.2 Å². The van der Waals surface area contributed by atoms with Gasteiger partial charge in [-0.15, -0.1) is 13.2 Å². The highest BCUT2D eigenvalue weighted by Gasteiger charge is 2.40. The van der Waals surface area contributed by atoms with Gasteiger partial charge in [0, 0.05) is 22.7 Å². The molecule has 2 heterocycles. The topological polar surface area (TPSA) is 69.5 Å². The minimum atomic E-state index is -4.80. The van der Waals surface area contributed by atoms with Gasteiger partial charge in [-0.1, -0.05) is 24.3 Å². The molecule has 0 spiro atoms. The average Bonchev–Trinajstić information content (AvgIpc) is 3.03. The third-order valence-corrected chi connectivity index (χ3v) is 4.54. The molecular weight excluding hydrogens is 385 g/mol. The van der Waals surface area contributed by atoms with Crippen molar-refractivity contribution < 1.29 is 22.7 Å². The van der Waals surface area contributed by atoms with E-state index in [2.05, 4.69) is 15.8 Å². The van der Waals surface area contributed by atoms with Gasteiger partial charge >= 0.3 is 12.4 Å². The Kier molecular flexibility index (Phi) is 4.47. The van der Waals surface area contributed by atoms with Crippen LogP contribution in [-0.4, -0.2) is 30.0 Å². The van der Waals surface area contributed by atoms with E-state index in [1.54, 1.807) is 6.20 Å². The monoisotopic (exact) mass is 398 g/mol. The summed E-state index contributed by atoms with van der Waals surface area (Å²) in [6.07, 6.45) is -1.61. The van der Waals surface area contributed by atoms with E-state index < -0.39 is 18.4 Å². The van der Waals surface area contributed by atoms with E-state index in [0.717, 1.165) is 22.9 Å². The summed E-state index contributed by atoms with van der Waals surface area (Å²) in [4.78, 5) is 20.0. The Morgan fingerprint density at radius 2 is 1.83 bits per heavy atom. The normalized spacial score (nSPS) is 16.9. The van der Waals surface area contributed by atoms with E-state index in [1.165, 1.54) is 28.1 Å². The van der Waals surface area contributed by atoms with Gasteiger partial charge in [-0.2, -0.15) is 5.26 Å². The summed E-state index contributed by atoms with van der Waals surface area (Å²) in [5.41, 5.74) is 0.861. The van der Waals surface area contributed by atoms with Gasteiger partial charge in [-0.05, 0) is 24.3 Å². The Hall–Kier alpha value is -3.80. The molecule has 1 fully saturated rings. The highest BCUT2D eigenvalue weighted by Crippen LogP contribution is 2.34. The lowest BCUT2D eigenvalue weighted by Crippen LogP contribution is -2.34. The summed E-state index contributed by atoms with van der Waals surface area (Å²) in [6.45, 7) is 0.0675. The highest BCUT2D eigenvalue weighted by atomic mass is 19.4. The third kappa shape index (κ3) is 3.52. The smallest absolute Gasteiger partial charge is 0.406 e. The second-order valence-electron chi connectivity index (χ2n) is 6.33. The van der Waals surface area contributed by atoms with E-state index in [-0.39, 0.29) is 12.3 Å². The van der Waals surface area contributed by atoms with Crippen molar-refractivity contribution in [3.8, 4) is 11.8 Å². The van der Waals surface area contributed by atoms with Crippen molar-refractivity contribution in [2.45, 2.75) is 12.4 Å². The van der Waals surface area contributed by atoms with Crippen molar-refractivity contribution in [3.63, 3.8) is 0 Å². The molecule has 29 heavy (non-hydrogen) atoms. The maximum Gasteiger partial charge on any atom is 0.573 e. The second kappa shape index (κ2) is 6.98. The van der Waals surface area contributed by atoms with Gasteiger partial charge in [0.15, 0.2) is 0 Å². The maximum absolute atomic E-state index is 13.1. The molecule has 0 N–H and O–H groups in total. The lowest BCUT2D eigenvalue weighted by molar-refractivity contribution is -0.274. The number of aromatic nitrogens is 1. The first-order valence-corrected chi connectivity index (χ1v) is 8.56. The molecule has 4 rings (SSSR count). The molecule has 1 saturated heterocycles. The number of hydrogen-bond donors (Lipinski definition) is 0. The second-order valence-corrected chi connectivity index (χ2v) is 6.33. The number of pyridine rings is 1. The number of benzene rings is 2. The number of hydrogen-bond acceptors (Lipinski definition) is 4. The quantitative estimate of drug-likeness (QED) is 0.653. The number of anilines is 2. The van der Waals surface area contributed by atoms with Crippen LogP contribution in [0.15, 0.2) is 60.9 Å². The van der Waals surface area contributed by atoms with Crippen molar-refractivity contribution in [1.82, 2.24) is 4.98 Å². The van der Waals surface area contributed by atoms with E-state index >= 15 is 0 Å². The molecule has 1 aliphatic rings. The molecule has 0 radical (unpaired) electrons. The van der Waals surface area contributed by atoms with Gasteiger partial charge in [0.25, 0.3) is 0 Å². The fourth-order valence-corrected chi connectivity index (χ4v) is 3.30. The molecule has 2 aromatic carbocycles. The zero-order valence-corrected chi connectivity index (χ0v) is 14.8. The SMILES string of the molecule is N#C[C@@H]1CN(c2ccc(OC(F)(F)F)cc2)C(=O)N1c1cncc2ccccc12. The van der Waals surface area contributed by atoms with Crippen molar-refractivity contribution in [2.75, 3.05) is 16.3 Å². The molecular formula is C20H13F3N4O2. The Balaban J connectivity index is 1.67. The molecule has 0 unspecified atom stereocenters. The number of alkyl halides is 3. The molecule has 146 valence electrons.